The van der Waals surface area contributed by atoms with E-state index in [9.17, 15) is 4.79 Å². The lowest BCUT2D eigenvalue weighted by Crippen LogP contribution is -2.09. The van der Waals surface area contributed by atoms with Crippen molar-refractivity contribution in [2.24, 2.45) is 12.8 Å². The highest BCUT2D eigenvalue weighted by atomic mass is 32.1. The number of hydrogen-bond donors (Lipinski definition) is 1. The molecule has 0 fully saturated rings. The Balaban J connectivity index is 2.32. The Labute approximate surface area is 89.8 Å². The van der Waals surface area contributed by atoms with E-state index in [1.165, 1.54) is 17.7 Å². The monoisotopic (exact) mass is 223 g/mol. The molecule has 6 nitrogen and oxygen atoms in total. The molecule has 0 aromatic carbocycles. The Bertz CT molecular complexity index is 489. The van der Waals surface area contributed by atoms with Crippen molar-refractivity contribution in [2.75, 3.05) is 0 Å². The zero-order valence-electron chi connectivity index (χ0n) is 8.04. The van der Waals surface area contributed by atoms with Crippen molar-refractivity contribution in [3.05, 3.63) is 28.2 Å². The van der Waals surface area contributed by atoms with Crippen molar-refractivity contribution in [2.45, 2.75) is 6.54 Å². The molecule has 0 bridgehead atoms. The maximum atomic E-state index is 11.8. The summed E-state index contributed by atoms with van der Waals surface area (Å²) in [4.78, 5) is 15.9. The number of aryl methyl sites for hydroxylation is 1. The summed E-state index contributed by atoms with van der Waals surface area (Å²) in [6.07, 6.45) is 1.48. The second-order valence-electron chi connectivity index (χ2n) is 2.93. The van der Waals surface area contributed by atoms with Crippen LogP contribution in [0.4, 0.5) is 0 Å². The number of nitrogens with zero attached hydrogens (tertiary/aromatic N) is 4. The highest BCUT2D eigenvalue weighted by molar-refractivity contribution is 7.09. The largest absolute Gasteiger partial charge is 0.325 e. The van der Waals surface area contributed by atoms with Gasteiger partial charge in [-0.3, -0.25) is 4.79 Å². The molecule has 7 heteroatoms. The van der Waals surface area contributed by atoms with Gasteiger partial charge < -0.3 is 10.3 Å². The van der Waals surface area contributed by atoms with Gasteiger partial charge in [-0.05, 0) is 0 Å². The molecule has 2 heterocycles. The average molecular weight is 223 g/mol. The van der Waals surface area contributed by atoms with Gasteiger partial charge in [0.05, 0.1) is 0 Å². The molecule has 15 heavy (non-hydrogen) atoms. The van der Waals surface area contributed by atoms with Crippen molar-refractivity contribution >= 4 is 17.1 Å². The van der Waals surface area contributed by atoms with Crippen LogP contribution in [0.25, 0.3) is 0 Å². The van der Waals surface area contributed by atoms with Crippen LogP contribution in [0, 0.1) is 0 Å². The van der Waals surface area contributed by atoms with E-state index in [1.54, 1.807) is 17.0 Å². The summed E-state index contributed by atoms with van der Waals surface area (Å²) in [5.41, 5.74) is 5.79. The van der Waals surface area contributed by atoms with Crippen LogP contribution in [0.1, 0.15) is 21.3 Å². The molecule has 0 atom stereocenters. The molecule has 0 unspecified atom stereocenters. The maximum absolute atomic E-state index is 11.8. The number of carbonyl (C=O) groups excluding carboxylic acids is 1. The van der Waals surface area contributed by atoms with Gasteiger partial charge in [-0.15, -0.1) is 21.5 Å². The summed E-state index contributed by atoms with van der Waals surface area (Å²) in [7, 11) is 1.71. The fourth-order valence-electron chi connectivity index (χ4n) is 1.11. The molecule has 0 saturated carbocycles. The quantitative estimate of drug-likeness (QED) is 0.738. The second-order valence-corrected chi connectivity index (χ2v) is 3.87. The molecule has 2 N–H and O–H groups in total. The lowest BCUT2D eigenvalue weighted by Gasteiger charge is -1.95. The van der Waals surface area contributed by atoms with Gasteiger partial charge in [-0.1, -0.05) is 0 Å². The van der Waals surface area contributed by atoms with Crippen molar-refractivity contribution in [3.8, 4) is 0 Å². The minimum atomic E-state index is -0.231. The molecule has 78 valence electrons. The van der Waals surface area contributed by atoms with Gasteiger partial charge in [0, 0.05) is 19.0 Å². The highest BCUT2D eigenvalue weighted by Crippen LogP contribution is 2.11. The first-order valence-corrected chi connectivity index (χ1v) is 5.13. The number of ketones is 1. The van der Waals surface area contributed by atoms with E-state index in [2.05, 4.69) is 15.2 Å². The average Bonchev–Trinajstić information content (AvgIpc) is 2.84. The molecule has 0 aliphatic rings. The van der Waals surface area contributed by atoms with Crippen LogP contribution in [0.3, 0.4) is 0 Å². The van der Waals surface area contributed by atoms with Crippen LogP contribution in [0.15, 0.2) is 11.7 Å². The number of thiazole rings is 1. The van der Waals surface area contributed by atoms with Crippen molar-refractivity contribution in [3.63, 3.8) is 0 Å². The first-order valence-electron chi connectivity index (χ1n) is 4.25. The fraction of sp³-hybridized carbons (Fsp3) is 0.250. The third-order valence-corrected chi connectivity index (χ3v) is 2.74. The summed E-state index contributed by atoms with van der Waals surface area (Å²) < 4.78 is 1.56. The lowest BCUT2D eigenvalue weighted by atomic mass is 10.3. The Kier molecular flexibility index (Phi) is 2.57. The van der Waals surface area contributed by atoms with Gasteiger partial charge >= 0.3 is 0 Å². The second kappa shape index (κ2) is 3.87. The normalized spacial score (nSPS) is 10.5. The number of nitrogens with two attached hydrogens (primary N) is 1. The molecular formula is C8H9N5OS. The SMILES string of the molecule is Cn1cnnc1C(=O)c1csc(CN)n1. The molecule has 2 rings (SSSR count). The predicted molar refractivity (Wildman–Crippen MR) is 54.4 cm³/mol. The van der Waals surface area contributed by atoms with Gasteiger partial charge in [0.1, 0.15) is 17.0 Å². The van der Waals surface area contributed by atoms with E-state index in [0.717, 1.165) is 5.01 Å². The van der Waals surface area contributed by atoms with Crippen LogP contribution in [0.5, 0.6) is 0 Å². The Morgan fingerprint density at radius 2 is 2.47 bits per heavy atom. The zero-order chi connectivity index (χ0) is 10.8. The Morgan fingerprint density at radius 1 is 1.67 bits per heavy atom. The van der Waals surface area contributed by atoms with E-state index < -0.39 is 0 Å². The first kappa shape index (κ1) is 9.94. The van der Waals surface area contributed by atoms with Gasteiger partial charge in [-0.2, -0.15) is 0 Å². The van der Waals surface area contributed by atoms with Crippen LogP contribution < -0.4 is 5.73 Å². The van der Waals surface area contributed by atoms with Gasteiger partial charge in [0.15, 0.2) is 0 Å². The van der Waals surface area contributed by atoms with Gasteiger partial charge in [-0.25, -0.2) is 4.98 Å². The number of carbonyl (C=O) groups is 1. The van der Waals surface area contributed by atoms with Crippen molar-refractivity contribution in [1.82, 2.24) is 19.7 Å². The minimum Gasteiger partial charge on any atom is -0.325 e. The van der Waals surface area contributed by atoms with Crippen molar-refractivity contribution in [1.29, 1.82) is 0 Å². The third kappa shape index (κ3) is 1.79. The topological polar surface area (TPSA) is 86.7 Å². The summed E-state index contributed by atoms with van der Waals surface area (Å²) >= 11 is 1.37. The van der Waals surface area contributed by atoms with Crippen LogP contribution in [-0.2, 0) is 13.6 Å². The molecule has 0 aliphatic carbocycles. The minimum absolute atomic E-state index is 0.231. The molecule has 0 amide bonds. The van der Waals surface area contributed by atoms with E-state index in [1.807, 2.05) is 0 Å². The molecular weight excluding hydrogens is 214 g/mol. The summed E-state index contributed by atoms with van der Waals surface area (Å²) in [5, 5.41) is 9.78. The number of hydrogen-bond acceptors (Lipinski definition) is 6. The summed E-state index contributed by atoms with van der Waals surface area (Å²) in [6, 6.07) is 0. The molecule has 0 spiro atoms. The number of aromatic nitrogens is 4. The van der Waals surface area contributed by atoms with Crippen LogP contribution in [0.2, 0.25) is 0 Å². The van der Waals surface area contributed by atoms with Crippen molar-refractivity contribution < 1.29 is 4.79 Å². The van der Waals surface area contributed by atoms with E-state index in [4.69, 9.17) is 5.73 Å². The summed E-state index contributed by atoms with van der Waals surface area (Å²) in [6.45, 7) is 0.344. The van der Waals surface area contributed by atoms with E-state index in [0.29, 0.717) is 12.2 Å². The fourth-order valence-corrected chi connectivity index (χ4v) is 1.77. The van der Waals surface area contributed by atoms with E-state index >= 15 is 0 Å². The molecule has 0 saturated heterocycles. The first-order chi connectivity index (χ1) is 7.22. The Hall–Kier alpha value is -1.60. The summed E-state index contributed by atoms with van der Waals surface area (Å²) in [5.74, 6) is 0.0508. The smallest absolute Gasteiger partial charge is 0.249 e. The third-order valence-electron chi connectivity index (χ3n) is 1.87. The zero-order valence-corrected chi connectivity index (χ0v) is 8.86. The van der Waals surface area contributed by atoms with Gasteiger partial charge in [0.25, 0.3) is 0 Å². The molecule has 0 aliphatic heterocycles. The standard InChI is InChI=1S/C8H9N5OS/c1-13-4-10-12-8(13)7(14)5-3-15-6(2-9)11-5/h3-4H,2,9H2,1H3. The van der Waals surface area contributed by atoms with Gasteiger partial charge in [0.2, 0.25) is 11.6 Å². The predicted octanol–water partition coefficient (Wildman–Crippen LogP) is -0.0387. The molecule has 2 aromatic rings. The molecule has 2 aromatic heterocycles. The lowest BCUT2D eigenvalue weighted by molar-refractivity contribution is 0.102. The highest BCUT2D eigenvalue weighted by Gasteiger charge is 2.17. The van der Waals surface area contributed by atoms with Crippen LogP contribution >= 0.6 is 11.3 Å². The number of rotatable bonds is 3. The van der Waals surface area contributed by atoms with Crippen LogP contribution in [-0.4, -0.2) is 25.5 Å². The van der Waals surface area contributed by atoms with E-state index in [-0.39, 0.29) is 11.6 Å². The Morgan fingerprint density at radius 3 is 3.00 bits per heavy atom. The molecule has 0 radical (unpaired) electrons. The maximum Gasteiger partial charge on any atom is 0.249 e.